The Hall–Kier alpha value is -0.660. The number of nitrogens with one attached hydrogen (secondary N) is 2. The van der Waals surface area contributed by atoms with Gasteiger partial charge in [-0.2, -0.15) is 0 Å². The SMILES string of the molecule is CCCNCC(C)S(=O)(=O)Nc1ccc(Br)c(C)n1. The van der Waals surface area contributed by atoms with Crippen LogP contribution in [0.25, 0.3) is 0 Å². The second-order valence-corrected chi connectivity index (χ2v) is 7.38. The summed E-state index contributed by atoms with van der Waals surface area (Å²) in [6.07, 6.45) is 0.980. The van der Waals surface area contributed by atoms with Gasteiger partial charge < -0.3 is 5.32 Å². The summed E-state index contributed by atoms with van der Waals surface area (Å²) in [5.74, 6) is 0.350. The maximum absolute atomic E-state index is 12.1. The molecule has 1 heterocycles. The van der Waals surface area contributed by atoms with Crippen molar-refractivity contribution >= 4 is 31.8 Å². The van der Waals surface area contributed by atoms with E-state index in [9.17, 15) is 8.42 Å². The molecular formula is C12H20BrN3O2S. The van der Waals surface area contributed by atoms with Gasteiger partial charge in [-0.1, -0.05) is 6.92 Å². The van der Waals surface area contributed by atoms with E-state index in [4.69, 9.17) is 0 Å². The van der Waals surface area contributed by atoms with E-state index in [2.05, 4.69) is 31.0 Å². The lowest BCUT2D eigenvalue weighted by Gasteiger charge is -2.15. The lowest BCUT2D eigenvalue weighted by atomic mass is 10.4. The van der Waals surface area contributed by atoms with Gasteiger partial charge in [-0.25, -0.2) is 13.4 Å². The van der Waals surface area contributed by atoms with Gasteiger partial charge in [-0.05, 0) is 54.9 Å². The first-order chi connectivity index (χ1) is 8.86. The van der Waals surface area contributed by atoms with E-state index in [1.807, 2.05) is 13.8 Å². The number of rotatable bonds is 7. The lowest BCUT2D eigenvalue weighted by Crippen LogP contribution is -2.35. The summed E-state index contributed by atoms with van der Waals surface area (Å²) in [5, 5.41) is 2.59. The number of aromatic nitrogens is 1. The van der Waals surface area contributed by atoms with Crippen molar-refractivity contribution in [1.82, 2.24) is 10.3 Å². The Morgan fingerprint density at radius 2 is 2.11 bits per heavy atom. The zero-order valence-corrected chi connectivity index (χ0v) is 13.8. The molecule has 0 aromatic carbocycles. The zero-order chi connectivity index (χ0) is 14.5. The third kappa shape index (κ3) is 5.08. The highest BCUT2D eigenvalue weighted by Gasteiger charge is 2.20. The van der Waals surface area contributed by atoms with Crippen molar-refractivity contribution < 1.29 is 8.42 Å². The fourth-order valence-electron chi connectivity index (χ4n) is 1.44. The number of aryl methyl sites for hydroxylation is 1. The van der Waals surface area contributed by atoms with Crippen LogP contribution in [0.3, 0.4) is 0 Å². The Morgan fingerprint density at radius 1 is 1.42 bits per heavy atom. The van der Waals surface area contributed by atoms with Gasteiger partial charge in [0.2, 0.25) is 10.0 Å². The van der Waals surface area contributed by atoms with Crippen molar-refractivity contribution in [3.63, 3.8) is 0 Å². The van der Waals surface area contributed by atoms with E-state index in [1.165, 1.54) is 0 Å². The predicted octanol–water partition coefficient (Wildman–Crippen LogP) is 2.28. The Kier molecular flexibility index (Phi) is 6.22. The summed E-state index contributed by atoms with van der Waals surface area (Å²) in [5.41, 5.74) is 0.747. The van der Waals surface area contributed by atoms with E-state index < -0.39 is 15.3 Å². The third-order valence-corrected chi connectivity index (χ3v) is 5.21. The first-order valence-electron chi connectivity index (χ1n) is 6.22. The maximum atomic E-state index is 12.1. The molecular weight excluding hydrogens is 330 g/mol. The van der Waals surface area contributed by atoms with Crippen LogP contribution in [-0.2, 0) is 10.0 Å². The highest BCUT2D eigenvalue weighted by Crippen LogP contribution is 2.17. The molecule has 0 amide bonds. The van der Waals surface area contributed by atoms with Crippen LogP contribution in [0.1, 0.15) is 26.0 Å². The van der Waals surface area contributed by atoms with Gasteiger partial charge in [-0.15, -0.1) is 0 Å². The van der Waals surface area contributed by atoms with Crippen molar-refractivity contribution in [3.8, 4) is 0 Å². The van der Waals surface area contributed by atoms with Crippen LogP contribution in [0, 0.1) is 6.92 Å². The second-order valence-electron chi connectivity index (χ2n) is 4.43. The summed E-state index contributed by atoms with van der Waals surface area (Å²) in [7, 11) is -3.41. The normalized spacial score (nSPS) is 13.3. The van der Waals surface area contributed by atoms with E-state index >= 15 is 0 Å². The number of sulfonamides is 1. The van der Waals surface area contributed by atoms with Crippen LogP contribution in [0.15, 0.2) is 16.6 Å². The molecule has 0 saturated carbocycles. The van der Waals surface area contributed by atoms with Crippen molar-refractivity contribution in [3.05, 3.63) is 22.3 Å². The predicted molar refractivity (Wildman–Crippen MR) is 81.8 cm³/mol. The lowest BCUT2D eigenvalue weighted by molar-refractivity contribution is 0.575. The molecule has 0 radical (unpaired) electrons. The molecule has 0 saturated heterocycles. The Labute approximate surface area is 123 Å². The molecule has 2 N–H and O–H groups in total. The van der Waals surface area contributed by atoms with Crippen molar-refractivity contribution in [2.45, 2.75) is 32.4 Å². The molecule has 5 nitrogen and oxygen atoms in total. The molecule has 1 atom stereocenters. The van der Waals surface area contributed by atoms with Gasteiger partial charge in [-0.3, -0.25) is 4.72 Å². The van der Waals surface area contributed by atoms with E-state index in [-0.39, 0.29) is 0 Å². The smallest absolute Gasteiger partial charge is 0.237 e. The fraction of sp³-hybridized carbons (Fsp3) is 0.583. The van der Waals surface area contributed by atoms with Crippen LogP contribution >= 0.6 is 15.9 Å². The highest BCUT2D eigenvalue weighted by atomic mass is 79.9. The second kappa shape index (κ2) is 7.21. The van der Waals surface area contributed by atoms with Crippen LogP contribution in [0.4, 0.5) is 5.82 Å². The summed E-state index contributed by atoms with van der Waals surface area (Å²) in [4.78, 5) is 4.18. The van der Waals surface area contributed by atoms with Crippen molar-refractivity contribution in [2.24, 2.45) is 0 Å². The number of anilines is 1. The molecule has 0 aliphatic carbocycles. The summed E-state index contributed by atoms with van der Waals surface area (Å²) in [6, 6.07) is 3.42. The van der Waals surface area contributed by atoms with Crippen molar-refractivity contribution in [1.29, 1.82) is 0 Å². The summed E-state index contributed by atoms with van der Waals surface area (Å²) in [6.45, 7) is 6.78. The number of pyridine rings is 1. The van der Waals surface area contributed by atoms with Gasteiger partial charge in [0.15, 0.2) is 0 Å². The van der Waals surface area contributed by atoms with E-state index in [1.54, 1.807) is 19.1 Å². The average molecular weight is 350 g/mol. The monoisotopic (exact) mass is 349 g/mol. The topological polar surface area (TPSA) is 71.1 Å². The van der Waals surface area contributed by atoms with Crippen molar-refractivity contribution in [2.75, 3.05) is 17.8 Å². The van der Waals surface area contributed by atoms with Crippen LogP contribution < -0.4 is 10.0 Å². The average Bonchev–Trinajstić information content (AvgIpc) is 2.33. The quantitative estimate of drug-likeness (QED) is 0.740. The van der Waals surface area contributed by atoms with Crippen LogP contribution in [0.2, 0.25) is 0 Å². The van der Waals surface area contributed by atoms with E-state index in [0.29, 0.717) is 12.4 Å². The number of nitrogens with zero attached hydrogens (tertiary/aromatic N) is 1. The Bertz CT molecular complexity index is 520. The number of hydrogen-bond acceptors (Lipinski definition) is 4. The zero-order valence-electron chi connectivity index (χ0n) is 11.4. The molecule has 19 heavy (non-hydrogen) atoms. The number of halogens is 1. The van der Waals surface area contributed by atoms with Gasteiger partial charge in [0.05, 0.1) is 10.9 Å². The molecule has 1 rings (SSSR count). The molecule has 1 aromatic rings. The maximum Gasteiger partial charge on any atom is 0.237 e. The largest absolute Gasteiger partial charge is 0.315 e. The van der Waals surface area contributed by atoms with Gasteiger partial charge in [0.25, 0.3) is 0 Å². The van der Waals surface area contributed by atoms with Gasteiger partial charge in [0, 0.05) is 11.0 Å². The van der Waals surface area contributed by atoms with E-state index in [0.717, 1.165) is 23.1 Å². The summed E-state index contributed by atoms with van der Waals surface area (Å²) < 4.78 is 27.5. The third-order valence-electron chi connectivity index (χ3n) is 2.66. The molecule has 0 fully saturated rings. The minimum absolute atomic E-state index is 0.350. The fourth-order valence-corrected chi connectivity index (χ4v) is 2.60. The molecule has 0 aliphatic rings. The minimum atomic E-state index is -3.41. The Morgan fingerprint density at radius 3 is 2.68 bits per heavy atom. The standard InChI is InChI=1S/C12H20BrN3O2S/c1-4-7-14-8-9(2)19(17,18)16-12-6-5-11(13)10(3)15-12/h5-6,9,14H,4,7-8H2,1-3H3,(H,15,16). The van der Waals surface area contributed by atoms with Crippen LogP contribution in [0.5, 0.6) is 0 Å². The first kappa shape index (κ1) is 16.4. The first-order valence-corrected chi connectivity index (χ1v) is 8.56. The molecule has 1 aromatic heterocycles. The Balaban J connectivity index is 2.70. The molecule has 0 aliphatic heterocycles. The minimum Gasteiger partial charge on any atom is -0.315 e. The molecule has 0 spiro atoms. The highest BCUT2D eigenvalue weighted by molar-refractivity contribution is 9.10. The summed E-state index contributed by atoms with van der Waals surface area (Å²) >= 11 is 3.33. The number of hydrogen-bond donors (Lipinski definition) is 2. The van der Waals surface area contributed by atoms with Crippen LogP contribution in [-0.4, -0.2) is 31.7 Å². The van der Waals surface area contributed by atoms with Gasteiger partial charge in [0.1, 0.15) is 5.82 Å². The molecule has 108 valence electrons. The van der Waals surface area contributed by atoms with Gasteiger partial charge >= 0.3 is 0 Å². The molecule has 1 unspecified atom stereocenters. The molecule has 0 bridgehead atoms. The molecule has 7 heteroatoms.